The standard InChI is InChI=1S/C42H68N4O12Si/c1-38(2,3)55-34(47)45(35(48)56-39(4,5)6)32-28(26-43-33(44-32)46(36(49)57-40(7,8)9)37(50)58-41(10,11)12)23-27-24-29(51-16)31(30(25-27)52-17)53-21-20-22-54-59(18,19)42(13,14)15/h24-26H,20-23H2,1-19H3. The molecule has 0 aliphatic carbocycles. The Hall–Kier alpha value is -4.64. The van der Waals surface area contributed by atoms with E-state index in [1.165, 1.54) is 20.4 Å². The highest BCUT2D eigenvalue weighted by Crippen LogP contribution is 2.40. The van der Waals surface area contributed by atoms with Gasteiger partial charge in [-0.25, -0.2) is 24.2 Å². The SMILES string of the molecule is COc1cc(Cc2cnc(N(C(=O)OC(C)(C)C)C(=O)OC(C)(C)C)nc2N(C(=O)OC(C)(C)C)C(=O)OC(C)(C)C)cc(OC)c1OCCCO[Si](C)(C)C(C)(C)C. The zero-order valence-electron chi connectivity index (χ0n) is 38.7. The van der Waals surface area contributed by atoms with Crippen molar-refractivity contribution in [3.05, 3.63) is 29.5 Å². The molecule has 332 valence electrons. The molecule has 0 bridgehead atoms. The fourth-order valence-corrected chi connectivity index (χ4v) is 5.79. The number of ether oxygens (including phenoxy) is 7. The van der Waals surface area contributed by atoms with E-state index in [4.69, 9.17) is 37.6 Å². The normalized spacial score (nSPS) is 12.6. The Bertz CT molecular complexity index is 1720. The van der Waals surface area contributed by atoms with Gasteiger partial charge in [-0.05, 0) is 119 Å². The summed E-state index contributed by atoms with van der Waals surface area (Å²) in [4.78, 5) is 65.2. The van der Waals surface area contributed by atoms with Crippen LogP contribution in [0.2, 0.25) is 18.1 Å². The predicted octanol–water partition coefficient (Wildman–Crippen LogP) is 10.2. The molecule has 0 unspecified atom stereocenters. The summed E-state index contributed by atoms with van der Waals surface area (Å²) in [6, 6.07) is 3.42. The lowest BCUT2D eigenvalue weighted by atomic mass is 10.0. The van der Waals surface area contributed by atoms with Gasteiger partial charge in [0.2, 0.25) is 11.7 Å². The molecule has 0 saturated heterocycles. The van der Waals surface area contributed by atoms with E-state index >= 15 is 0 Å². The first-order valence-electron chi connectivity index (χ1n) is 19.6. The second-order valence-electron chi connectivity index (χ2n) is 19.4. The van der Waals surface area contributed by atoms with Gasteiger partial charge in [0, 0.05) is 31.2 Å². The van der Waals surface area contributed by atoms with E-state index in [1.807, 2.05) is 0 Å². The zero-order valence-corrected chi connectivity index (χ0v) is 39.7. The molecule has 17 heteroatoms. The molecule has 2 rings (SSSR count). The van der Waals surface area contributed by atoms with Crippen molar-refractivity contribution >= 4 is 44.5 Å². The minimum absolute atomic E-state index is 0.0378. The first-order chi connectivity index (χ1) is 26.7. The Kier molecular flexibility index (Phi) is 16.4. The summed E-state index contributed by atoms with van der Waals surface area (Å²) in [7, 11) is 1.05. The lowest BCUT2D eigenvalue weighted by Crippen LogP contribution is -2.46. The lowest BCUT2D eigenvalue weighted by molar-refractivity contribution is 0.0410. The summed E-state index contributed by atoms with van der Waals surface area (Å²) in [5, 5.41) is 0.0771. The lowest BCUT2D eigenvalue weighted by Gasteiger charge is -2.36. The number of methoxy groups -OCH3 is 2. The van der Waals surface area contributed by atoms with E-state index in [-0.39, 0.29) is 22.8 Å². The van der Waals surface area contributed by atoms with Gasteiger partial charge in [-0.3, -0.25) is 0 Å². The Morgan fingerprint density at radius 2 is 1.03 bits per heavy atom. The summed E-state index contributed by atoms with van der Waals surface area (Å²) in [6.07, 6.45) is -2.75. The second-order valence-corrected chi connectivity index (χ2v) is 24.2. The van der Waals surface area contributed by atoms with Crippen LogP contribution in [-0.4, -0.2) is 92.5 Å². The average Bonchev–Trinajstić information content (AvgIpc) is 3.02. The number of aromatic nitrogens is 2. The number of imide groups is 2. The number of rotatable bonds is 12. The van der Waals surface area contributed by atoms with Gasteiger partial charge >= 0.3 is 24.4 Å². The topological polar surface area (TPSA) is 174 Å². The van der Waals surface area contributed by atoms with Crippen LogP contribution in [0.4, 0.5) is 30.9 Å². The van der Waals surface area contributed by atoms with Crippen molar-refractivity contribution < 1.29 is 56.8 Å². The van der Waals surface area contributed by atoms with Crippen LogP contribution in [0.5, 0.6) is 17.2 Å². The summed E-state index contributed by atoms with van der Waals surface area (Å²) >= 11 is 0. The van der Waals surface area contributed by atoms with Gasteiger partial charge in [0.1, 0.15) is 22.4 Å². The fourth-order valence-electron chi connectivity index (χ4n) is 4.71. The van der Waals surface area contributed by atoms with Crippen molar-refractivity contribution in [1.82, 2.24) is 9.97 Å². The van der Waals surface area contributed by atoms with Crippen molar-refractivity contribution in [1.29, 1.82) is 0 Å². The summed E-state index contributed by atoms with van der Waals surface area (Å²) in [5.74, 6) is 0.158. The molecule has 0 N–H and O–H groups in total. The maximum absolute atomic E-state index is 14.0. The van der Waals surface area contributed by atoms with Crippen LogP contribution >= 0.6 is 0 Å². The third kappa shape index (κ3) is 15.8. The van der Waals surface area contributed by atoms with Gasteiger partial charge in [0.25, 0.3) is 0 Å². The molecule has 0 radical (unpaired) electrons. The van der Waals surface area contributed by atoms with E-state index < -0.39 is 61.0 Å². The highest BCUT2D eigenvalue weighted by atomic mass is 28.4. The quantitative estimate of drug-likeness (QED) is 0.112. The van der Waals surface area contributed by atoms with Crippen LogP contribution in [0.3, 0.4) is 0 Å². The number of hydrogen-bond donors (Lipinski definition) is 0. The maximum Gasteiger partial charge on any atom is 0.427 e. The van der Waals surface area contributed by atoms with E-state index in [9.17, 15) is 19.2 Å². The fraction of sp³-hybridized carbons (Fsp3) is 0.667. The van der Waals surface area contributed by atoms with Crippen LogP contribution < -0.4 is 24.0 Å². The molecule has 0 aliphatic heterocycles. The number of nitrogens with zero attached hydrogens (tertiary/aromatic N) is 4. The van der Waals surface area contributed by atoms with Crippen LogP contribution in [0.15, 0.2) is 18.3 Å². The molecule has 16 nitrogen and oxygen atoms in total. The van der Waals surface area contributed by atoms with Gasteiger partial charge in [0.05, 0.1) is 20.8 Å². The molecule has 59 heavy (non-hydrogen) atoms. The molecular formula is C42H68N4O12Si. The molecule has 1 aromatic carbocycles. The monoisotopic (exact) mass is 848 g/mol. The molecule has 4 amide bonds. The first-order valence-corrected chi connectivity index (χ1v) is 22.5. The largest absolute Gasteiger partial charge is 0.493 e. The van der Waals surface area contributed by atoms with E-state index in [1.54, 1.807) is 95.2 Å². The number of anilines is 2. The highest BCUT2D eigenvalue weighted by Gasteiger charge is 2.40. The molecule has 1 heterocycles. The molecule has 0 spiro atoms. The van der Waals surface area contributed by atoms with Crippen LogP contribution in [0.25, 0.3) is 0 Å². The van der Waals surface area contributed by atoms with E-state index in [0.717, 1.165) is 0 Å². The zero-order chi connectivity index (χ0) is 45.5. The summed E-state index contributed by atoms with van der Waals surface area (Å²) in [5.41, 5.74) is -3.49. The summed E-state index contributed by atoms with van der Waals surface area (Å²) < 4.78 is 46.4. The van der Waals surface area contributed by atoms with Crippen molar-refractivity contribution in [2.75, 3.05) is 37.2 Å². The smallest absolute Gasteiger partial charge is 0.427 e. The Balaban J connectivity index is 2.82. The number of carbonyl (C=O) groups excluding carboxylic acids is 4. The number of benzene rings is 1. The maximum atomic E-state index is 14.0. The van der Waals surface area contributed by atoms with Crippen molar-refractivity contribution in [2.24, 2.45) is 0 Å². The van der Waals surface area contributed by atoms with Gasteiger partial charge < -0.3 is 37.6 Å². The Labute approximate surface area is 351 Å². The first kappa shape index (κ1) is 50.5. The Morgan fingerprint density at radius 3 is 1.41 bits per heavy atom. The third-order valence-corrected chi connectivity index (χ3v) is 12.8. The second kappa shape index (κ2) is 19.2. The molecule has 1 aromatic heterocycles. The molecule has 0 aliphatic rings. The minimum Gasteiger partial charge on any atom is -0.493 e. The van der Waals surface area contributed by atoms with E-state index in [0.29, 0.717) is 52.2 Å². The van der Waals surface area contributed by atoms with Crippen molar-refractivity contribution in [3.8, 4) is 17.2 Å². The number of carbonyl (C=O) groups is 4. The molecular weight excluding hydrogens is 781 g/mol. The number of hydrogen-bond acceptors (Lipinski definition) is 14. The van der Waals surface area contributed by atoms with Crippen molar-refractivity contribution in [3.63, 3.8) is 0 Å². The van der Waals surface area contributed by atoms with E-state index in [2.05, 4.69) is 43.8 Å². The molecule has 2 aromatic rings. The van der Waals surface area contributed by atoms with Crippen molar-refractivity contribution in [2.45, 2.75) is 157 Å². The molecule has 0 fully saturated rings. The Morgan fingerprint density at radius 1 is 0.627 bits per heavy atom. The van der Waals surface area contributed by atoms with Crippen LogP contribution in [0.1, 0.15) is 121 Å². The number of amides is 4. The van der Waals surface area contributed by atoms with Gasteiger partial charge in [0.15, 0.2) is 25.6 Å². The molecule has 0 saturated carbocycles. The van der Waals surface area contributed by atoms with Gasteiger partial charge in [-0.1, -0.05) is 20.8 Å². The van der Waals surface area contributed by atoms with Gasteiger partial charge in [-0.2, -0.15) is 9.88 Å². The van der Waals surface area contributed by atoms with Gasteiger partial charge in [-0.15, -0.1) is 4.90 Å². The third-order valence-electron chi connectivity index (χ3n) is 8.26. The summed E-state index contributed by atoms with van der Waals surface area (Å²) in [6.45, 7) is 31.3. The predicted molar refractivity (Wildman–Crippen MR) is 228 cm³/mol. The minimum atomic E-state index is -1.93. The molecule has 0 atom stereocenters. The average molecular weight is 849 g/mol. The van der Waals surface area contributed by atoms with Crippen LogP contribution in [-0.2, 0) is 29.8 Å². The highest BCUT2D eigenvalue weighted by molar-refractivity contribution is 6.74. The van der Waals surface area contributed by atoms with Crippen LogP contribution in [0, 0.1) is 0 Å².